The fourth-order valence-corrected chi connectivity index (χ4v) is 3.37. The van der Waals surface area contributed by atoms with E-state index in [-0.39, 0.29) is 0 Å². The molecule has 1 amide bonds. The number of carbonyl (C=O) groups excluding carboxylic acids is 1. The number of hydrogen-bond acceptors (Lipinski definition) is 5. The van der Waals surface area contributed by atoms with Gasteiger partial charge in [0, 0.05) is 35.8 Å². The van der Waals surface area contributed by atoms with E-state index in [9.17, 15) is 4.79 Å². The monoisotopic (exact) mass is 408 g/mol. The highest BCUT2D eigenvalue weighted by Crippen LogP contribution is 2.41. The largest absolute Gasteiger partial charge is 0.493 e. The minimum atomic E-state index is -0.593. The molecule has 156 valence electrons. The van der Waals surface area contributed by atoms with Crippen LogP contribution in [0.2, 0.25) is 0 Å². The molecule has 1 heterocycles. The van der Waals surface area contributed by atoms with Crippen LogP contribution in [0.4, 0.5) is 0 Å². The van der Waals surface area contributed by atoms with Crippen molar-refractivity contribution < 1.29 is 24.2 Å². The molecule has 0 bridgehead atoms. The number of ether oxygens (including phenoxy) is 3. The molecule has 3 rings (SSSR count). The van der Waals surface area contributed by atoms with Gasteiger partial charge in [-0.25, -0.2) is 5.48 Å². The van der Waals surface area contributed by atoms with Crippen LogP contribution < -0.4 is 19.7 Å². The predicted molar refractivity (Wildman–Crippen MR) is 116 cm³/mol. The van der Waals surface area contributed by atoms with Gasteiger partial charge in [0.15, 0.2) is 11.5 Å². The normalized spacial score (nSPS) is 11.0. The Bertz CT molecular complexity index is 1120. The average molecular weight is 408 g/mol. The number of nitrogens with one attached hydrogen (secondary N) is 1. The van der Waals surface area contributed by atoms with Gasteiger partial charge < -0.3 is 18.8 Å². The van der Waals surface area contributed by atoms with E-state index in [1.54, 1.807) is 32.9 Å². The van der Waals surface area contributed by atoms with Crippen LogP contribution in [0.3, 0.4) is 0 Å². The molecule has 0 unspecified atom stereocenters. The maximum atomic E-state index is 11.4. The molecule has 0 aliphatic carbocycles. The van der Waals surface area contributed by atoms with Crippen LogP contribution in [-0.2, 0) is 11.8 Å². The number of rotatable bonds is 7. The first-order valence-corrected chi connectivity index (χ1v) is 9.14. The first-order valence-electron chi connectivity index (χ1n) is 9.14. The van der Waals surface area contributed by atoms with Gasteiger partial charge in [-0.05, 0) is 47.0 Å². The number of aryl methyl sites for hydroxylation is 1. The van der Waals surface area contributed by atoms with Crippen molar-refractivity contribution in [3.05, 3.63) is 65.9 Å². The first kappa shape index (κ1) is 21.0. The molecular formula is C23H24N2O5. The third-order valence-electron chi connectivity index (χ3n) is 4.91. The van der Waals surface area contributed by atoms with Crippen molar-refractivity contribution in [2.75, 3.05) is 21.3 Å². The molecule has 7 nitrogen and oxygen atoms in total. The molecule has 0 saturated heterocycles. The van der Waals surface area contributed by atoms with E-state index in [4.69, 9.17) is 19.4 Å². The Balaban J connectivity index is 2.08. The van der Waals surface area contributed by atoms with Gasteiger partial charge in [-0.1, -0.05) is 12.6 Å². The molecule has 1 aromatic heterocycles. The van der Waals surface area contributed by atoms with Crippen LogP contribution in [-0.4, -0.2) is 37.0 Å². The Morgan fingerprint density at radius 3 is 2.30 bits per heavy atom. The van der Waals surface area contributed by atoms with Crippen LogP contribution >= 0.6 is 0 Å². The van der Waals surface area contributed by atoms with Crippen LogP contribution in [0.15, 0.2) is 49.2 Å². The Morgan fingerprint density at radius 1 is 1.07 bits per heavy atom. The van der Waals surface area contributed by atoms with E-state index in [0.717, 1.165) is 33.2 Å². The number of carbonyl (C=O) groups is 1. The van der Waals surface area contributed by atoms with Crippen LogP contribution in [0, 0.1) is 0 Å². The van der Waals surface area contributed by atoms with E-state index < -0.39 is 5.91 Å². The van der Waals surface area contributed by atoms with Gasteiger partial charge in [0.25, 0.3) is 5.91 Å². The number of aromatic nitrogens is 1. The molecule has 2 N–H and O–H groups in total. The SMILES string of the molecule is C=C(c1cc(OC)c(OC)c(OC)c1)c1ccc2c(c1)c(C=CC(=O)NO)cn2C. The third-order valence-corrected chi connectivity index (χ3v) is 4.91. The lowest BCUT2D eigenvalue weighted by Crippen LogP contribution is -2.14. The highest BCUT2D eigenvalue weighted by atomic mass is 16.5. The number of hydroxylamine groups is 1. The maximum Gasteiger partial charge on any atom is 0.267 e. The van der Waals surface area contributed by atoms with E-state index in [1.165, 1.54) is 6.08 Å². The minimum absolute atomic E-state index is 0.518. The predicted octanol–water partition coefficient (Wildman–Crippen LogP) is 3.78. The van der Waals surface area contributed by atoms with Crippen molar-refractivity contribution in [1.29, 1.82) is 0 Å². The smallest absolute Gasteiger partial charge is 0.267 e. The number of nitrogens with zero attached hydrogens (tertiary/aromatic N) is 1. The summed E-state index contributed by atoms with van der Waals surface area (Å²) in [4.78, 5) is 11.4. The number of hydrogen-bond donors (Lipinski definition) is 2. The highest BCUT2D eigenvalue weighted by Gasteiger charge is 2.16. The van der Waals surface area contributed by atoms with Crippen molar-refractivity contribution >= 4 is 28.5 Å². The fraction of sp³-hybridized carbons (Fsp3) is 0.174. The lowest BCUT2D eigenvalue weighted by Gasteiger charge is -2.15. The summed E-state index contributed by atoms with van der Waals surface area (Å²) in [6, 6.07) is 9.70. The average Bonchev–Trinajstić information content (AvgIpc) is 3.10. The maximum absolute atomic E-state index is 11.4. The molecule has 3 aromatic rings. The summed E-state index contributed by atoms with van der Waals surface area (Å²) in [6.07, 6.45) is 4.84. The van der Waals surface area contributed by atoms with Crippen LogP contribution in [0.1, 0.15) is 16.7 Å². The van der Waals surface area contributed by atoms with Gasteiger partial charge in [-0.3, -0.25) is 10.0 Å². The van der Waals surface area contributed by atoms with E-state index in [2.05, 4.69) is 6.58 Å². The number of fused-ring (bicyclic) bond motifs is 1. The lowest BCUT2D eigenvalue weighted by molar-refractivity contribution is -0.124. The minimum Gasteiger partial charge on any atom is -0.493 e. The topological polar surface area (TPSA) is 82.0 Å². The van der Waals surface area contributed by atoms with Gasteiger partial charge in [0.1, 0.15) is 0 Å². The van der Waals surface area contributed by atoms with Crippen molar-refractivity contribution in [3.8, 4) is 17.2 Å². The molecule has 7 heteroatoms. The summed E-state index contributed by atoms with van der Waals surface area (Å²) in [5.41, 5.74) is 5.95. The van der Waals surface area contributed by atoms with E-state index >= 15 is 0 Å². The van der Waals surface area contributed by atoms with Crippen molar-refractivity contribution in [2.24, 2.45) is 7.05 Å². The Labute approximate surface area is 174 Å². The van der Waals surface area contributed by atoms with Crippen molar-refractivity contribution in [2.45, 2.75) is 0 Å². The second-order valence-electron chi connectivity index (χ2n) is 6.63. The molecule has 0 fully saturated rings. The summed E-state index contributed by atoms with van der Waals surface area (Å²) >= 11 is 0. The quantitative estimate of drug-likeness (QED) is 0.353. The van der Waals surface area contributed by atoms with Crippen LogP contribution in [0.5, 0.6) is 17.2 Å². The molecular weight excluding hydrogens is 384 g/mol. The third kappa shape index (κ3) is 3.88. The molecule has 0 aliphatic heterocycles. The standard InChI is InChI=1S/C23H24N2O5/c1-14(17-11-20(28-3)23(30-5)21(12-17)29-4)15-6-8-19-18(10-15)16(13-25(19)2)7-9-22(26)24-27/h6-13,27H,1H2,2-5H3,(H,24,26). The fourth-order valence-electron chi connectivity index (χ4n) is 3.37. The zero-order valence-corrected chi connectivity index (χ0v) is 17.4. The number of amides is 1. The Morgan fingerprint density at radius 2 is 1.73 bits per heavy atom. The molecule has 30 heavy (non-hydrogen) atoms. The Kier molecular flexibility index (Phi) is 6.13. The van der Waals surface area contributed by atoms with Crippen molar-refractivity contribution in [1.82, 2.24) is 10.0 Å². The molecule has 0 spiro atoms. The first-order chi connectivity index (χ1) is 14.4. The van der Waals surface area contributed by atoms with Gasteiger partial charge in [-0.15, -0.1) is 0 Å². The van der Waals surface area contributed by atoms with Crippen LogP contribution in [0.25, 0.3) is 22.6 Å². The zero-order chi connectivity index (χ0) is 21.8. The van der Waals surface area contributed by atoms with Gasteiger partial charge in [0.05, 0.1) is 21.3 Å². The van der Waals surface area contributed by atoms with Gasteiger partial charge >= 0.3 is 0 Å². The molecule has 0 atom stereocenters. The van der Waals surface area contributed by atoms with E-state index in [1.807, 2.05) is 48.1 Å². The lowest BCUT2D eigenvalue weighted by atomic mass is 9.97. The summed E-state index contributed by atoms with van der Waals surface area (Å²) in [5.74, 6) is 1.02. The summed E-state index contributed by atoms with van der Waals surface area (Å²) < 4.78 is 18.3. The highest BCUT2D eigenvalue weighted by molar-refractivity contribution is 5.97. The number of methoxy groups -OCH3 is 3. The van der Waals surface area contributed by atoms with E-state index in [0.29, 0.717) is 17.2 Å². The second-order valence-corrected chi connectivity index (χ2v) is 6.63. The zero-order valence-electron chi connectivity index (χ0n) is 17.4. The van der Waals surface area contributed by atoms with Gasteiger partial charge in [0.2, 0.25) is 5.75 Å². The molecule has 2 aromatic carbocycles. The summed E-state index contributed by atoms with van der Waals surface area (Å²) in [6.45, 7) is 4.26. The molecule has 0 saturated carbocycles. The van der Waals surface area contributed by atoms with Gasteiger partial charge in [-0.2, -0.15) is 0 Å². The van der Waals surface area contributed by atoms with Crippen molar-refractivity contribution in [3.63, 3.8) is 0 Å². The molecule has 0 aliphatic rings. The molecule has 0 radical (unpaired) electrons. The summed E-state index contributed by atoms with van der Waals surface area (Å²) in [5, 5.41) is 9.65. The Hall–Kier alpha value is -3.71. The summed E-state index contributed by atoms with van der Waals surface area (Å²) in [7, 11) is 6.63. The second kappa shape index (κ2) is 8.75. The number of benzene rings is 2.